The van der Waals surface area contributed by atoms with Gasteiger partial charge in [0.2, 0.25) is 0 Å². The van der Waals surface area contributed by atoms with Crippen molar-refractivity contribution < 1.29 is 23.0 Å². The van der Waals surface area contributed by atoms with E-state index < -0.39 is 12.1 Å². The molecule has 2 aromatic carbocycles. The fourth-order valence-corrected chi connectivity index (χ4v) is 2.14. The molecule has 2 rings (SSSR count). The van der Waals surface area contributed by atoms with Crippen LogP contribution in [0.15, 0.2) is 36.4 Å². The van der Waals surface area contributed by atoms with E-state index in [0.29, 0.717) is 16.1 Å². The highest BCUT2D eigenvalue weighted by Gasteiger charge is 2.31. The van der Waals surface area contributed by atoms with E-state index in [1.54, 1.807) is 18.2 Å². The van der Waals surface area contributed by atoms with Crippen LogP contribution in [0.25, 0.3) is 11.1 Å². The van der Waals surface area contributed by atoms with E-state index in [-0.39, 0.29) is 5.75 Å². The van der Waals surface area contributed by atoms with Gasteiger partial charge in [0.25, 0.3) is 0 Å². The van der Waals surface area contributed by atoms with E-state index in [4.69, 9.17) is 11.6 Å². The summed E-state index contributed by atoms with van der Waals surface area (Å²) in [6.07, 6.45) is -4.81. The quantitative estimate of drug-likeness (QED) is 0.853. The number of alkyl halides is 3. The monoisotopic (exact) mass is 302 g/mol. The van der Waals surface area contributed by atoms with Crippen molar-refractivity contribution in [2.75, 3.05) is 0 Å². The molecule has 0 aliphatic carbocycles. The fraction of sp³-hybridized carbons (Fsp3) is 0.143. The molecule has 20 heavy (non-hydrogen) atoms. The Morgan fingerprint density at radius 2 is 1.65 bits per heavy atom. The topological polar surface area (TPSA) is 29.5 Å². The SMILES string of the molecule is Cc1cc(Cl)cc(-c2cc(O)cc(OC(F)(F)F)c2)c1. The first-order valence-corrected chi connectivity index (χ1v) is 5.98. The third-order valence-electron chi connectivity index (χ3n) is 2.50. The Labute approximate surface area is 118 Å². The van der Waals surface area contributed by atoms with Gasteiger partial charge >= 0.3 is 6.36 Å². The number of hydrogen-bond donors (Lipinski definition) is 1. The minimum Gasteiger partial charge on any atom is -0.508 e. The Kier molecular flexibility index (Phi) is 3.81. The number of phenolic OH excluding ortho intramolecular Hbond substituents is 1. The van der Waals surface area contributed by atoms with E-state index in [9.17, 15) is 18.3 Å². The summed E-state index contributed by atoms with van der Waals surface area (Å²) in [5, 5.41) is 9.97. The number of aryl methyl sites for hydroxylation is 1. The molecule has 1 N–H and O–H groups in total. The van der Waals surface area contributed by atoms with Crippen molar-refractivity contribution in [3.05, 3.63) is 47.0 Å². The van der Waals surface area contributed by atoms with Crippen LogP contribution in [0.1, 0.15) is 5.56 Å². The number of halogens is 4. The Morgan fingerprint density at radius 1 is 1.00 bits per heavy atom. The number of phenols is 1. The van der Waals surface area contributed by atoms with Gasteiger partial charge in [-0.15, -0.1) is 13.2 Å². The van der Waals surface area contributed by atoms with Crippen molar-refractivity contribution in [2.24, 2.45) is 0 Å². The standard InChI is InChI=1S/C14H10ClF3O2/c1-8-2-9(4-11(15)3-8)10-5-12(19)7-13(6-10)20-14(16,17)18/h2-7,19H,1H3. The minimum absolute atomic E-state index is 0.320. The van der Waals surface area contributed by atoms with Crippen molar-refractivity contribution in [3.8, 4) is 22.6 Å². The second-order valence-corrected chi connectivity index (χ2v) is 4.72. The second kappa shape index (κ2) is 5.25. The van der Waals surface area contributed by atoms with Gasteiger partial charge in [0.15, 0.2) is 0 Å². The molecule has 0 spiro atoms. The van der Waals surface area contributed by atoms with Crippen LogP contribution in [-0.4, -0.2) is 11.5 Å². The fourth-order valence-electron chi connectivity index (χ4n) is 1.85. The molecule has 2 aromatic rings. The van der Waals surface area contributed by atoms with Crippen LogP contribution in [-0.2, 0) is 0 Å². The summed E-state index contributed by atoms with van der Waals surface area (Å²) in [5.41, 5.74) is 1.84. The van der Waals surface area contributed by atoms with Crippen LogP contribution in [0.5, 0.6) is 11.5 Å². The maximum atomic E-state index is 12.2. The molecule has 0 aromatic heterocycles. The van der Waals surface area contributed by atoms with Crippen LogP contribution in [0, 0.1) is 6.92 Å². The molecule has 0 unspecified atom stereocenters. The molecule has 0 atom stereocenters. The summed E-state index contributed by atoms with van der Waals surface area (Å²) < 4.78 is 40.4. The van der Waals surface area contributed by atoms with Crippen LogP contribution in [0.2, 0.25) is 5.02 Å². The zero-order valence-corrected chi connectivity index (χ0v) is 11.1. The van der Waals surface area contributed by atoms with Crippen LogP contribution >= 0.6 is 11.6 Å². The molecule has 0 amide bonds. The summed E-state index contributed by atoms with van der Waals surface area (Å²) in [6, 6.07) is 8.50. The molecule has 0 bridgehead atoms. The lowest BCUT2D eigenvalue weighted by Gasteiger charge is -2.11. The van der Waals surface area contributed by atoms with Gasteiger partial charge in [0.1, 0.15) is 11.5 Å². The Morgan fingerprint density at radius 3 is 2.25 bits per heavy atom. The normalized spacial score (nSPS) is 11.4. The van der Waals surface area contributed by atoms with E-state index in [0.717, 1.165) is 11.6 Å². The van der Waals surface area contributed by atoms with Crippen molar-refractivity contribution in [3.63, 3.8) is 0 Å². The van der Waals surface area contributed by atoms with E-state index in [1.165, 1.54) is 12.1 Å². The molecule has 0 aliphatic heterocycles. The largest absolute Gasteiger partial charge is 0.573 e. The minimum atomic E-state index is -4.81. The lowest BCUT2D eigenvalue weighted by molar-refractivity contribution is -0.274. The van der Waals surface area contributed by atoms with Crippen molar-refractivity contribution in [2.45, 2.75) is 13.3 Å². The van der Waals surface area contributed by atoms with Crippen LogP contribution in [0.4, 0.5) is 13.2 Å². The highest BCUT2D eigenvalue weighted by atomic mass is 35.5. The average Bonchev–Trinajstić information content (AvgIpc) is 2.24. The molecule has 2 nitrogen and oxygen atoms in total. The zero-order chi connectivity index (χ0) is 14.9. The number of hydrogen-bond acceptors (Lipinski definition) is 2. The van der Waals surface area contributed by atoms with Crippen molar-refractivity contribution in [1.29, 1.82) is 0 Å². The Balaban J connectivity index is 2.46. The van der Waals surface area contributed by atoms with E-state index >= 15 is 0 Å². The summed E-state index contributed by atoms with van der Waals surface area (Å²) in [4.78, 5) is 0. The summed E-state index contributed by atoms with van der Waals surface area (Å²) in [6.45, 7) is 1.81. The van der Waals surface area contributed by atoms with Gasteiger partial charge in [-0.3, -0.25) is 0 Å². The predicted molar refractivity (Wildman–Crippen MR) is 70.0 cm³/mol. The second-order valence-electron chi connectivity index (χ2n) is 4.28. The van der Waals surface area contributed by atoms with Crippen LogP contribution in [0.3, 0.4) is 0 Å². The number of rotatable bonds is 2. The summed E-state index contributed by atoms with van der Waals surface area (Å²) in [5.74, 6) is -0.801. The van der Waals surface area contributed by atoms with Crippen LogP contribution < -0.4 is 4.74 Å². The first-order chi connectivity index (χ1) is 9.23. The van der Waals surface area contributed by atoms with Gasteiger partial charge in [0.05, 0.1) is 0 Å². The molecule has 0 fully saturated rings. The Bertz CT molecular complexity index is 619. The lowest BCUT2D eigenvalue weighted by Crippen LogP contribution is -2.17. The lowest BCUT2D eigenvalue weighted by atomic mass is 10.0. The molecular weight excluding hydrogens is 293 g/mol. The maximum Gasteiger partial charge on any atom is 0.573 e. The zero-order valence-electron chi connectivity index (χ0n) is 10.3. The first kappa shape index (κ1) is 14.5. The van der Waals surface area contributed by atoms with Gasteiger partial charge < -0.3 is 9.84 Å². The van der Waals surface area contributed by atoms with E-state index in [2.05, 4.69) is 4.74 Å². The smallest absolute Gasteiger partial charge is 0.508 e. The first-order valence-electron chi connectivity index (χ1n) is 5.60. The molecular formula is C14H10ClF3O2. The van der Waals surface area contributed by atoms with Gasteiger partial charge in [-0.05, 0) is 47.9 Å². The average molecular weight is 303 g/mol. The van der Waals surface area contributed by atoms with Gasteiger partial charge in [-0.2, -0.15) is 0 Å². The third-order valence-corrected chi connectivity index (χ3v) is 2.72. The van der Waals surface area contributed by atoms with E-state index in [1.807, 2.05) is 6.92 Å². The van der Waals surface area contributed by atoms with Crippen molar-refractivity contribution in [1.82, 2.24) is 0 Å². The predicted octanol–water partition coefficient (Wildman–Crippen LogP) is 4.92. The molecule has 0 aliphatic rings. The third kappa shape index (κ3) is 3.81. The van der Waals surface area contributed by atoms with Gasteiger partial charge in [-0.1, -0.05) is 17.7 Å². The highest BCUT2D eigenvalue weighted by molar-refractivity contribution is 6.30. The molecule has 0 heterocycles. The number of aromatic hydroxyl groups is 1. The molecule has 6 heteroatoms. The molecule has 106 valence electrons. The summed E-state index contributed by atoms with van der Waals surface area (Å²) >= 11 is 5.91. The highest BCUT2D eigenvalue weighted by Crippen LogP contribution is 2.33. The Hall–Kier alpha value is -1.88. The van der Waals surface area contributed by atoms with Crippen molar-refractivity contribution >= 4 is 11.6 Å². The maximum absolute atomic E-state index is 12.2. The van der Waals surface area contributed by atoms with Gasteiger partial charge in [-0.25, -0.2) is 0 Å². The molecule has 0 saturated carbocycles. The number of benzene rings is 2. The summed E-state index contributed by atoms with van der Waals surface area (Å²) in [7, 11) is 0. The van der Waals surface area contributed by atoms with Gasteiger partial charge in [0, 0.05) is 11.1 Å². The molecule has 0 radical (unpaired) electrons. The number of ether oxygens (including phenoxy) is 1. The molecule has 0 saturated heterocycles.